The van der Waals surface area contributed by atoms with Gasteiger partial charge in [-0.3, -0.25) is 4.79 Å². The Morgan fingerprint density at radius 3 is 2.43 bits per heavy atom. The molecule has 2 nitrogen and oxygen atoms in total. The molecule has 1 amide bonds. The maximum Gasteiger partial charge on any atom is 0.406 e. The second-order valence-corrected chi connectivity index (χ2v) is 5.92. The normalized spacial score (nSPS) is 27.0. The average Bonchev–Trinajstić information content (AvgIpc) is 2.39. The van der Waals surface area contributed by atoms with Gasteiger partial charge < -0.3 is 4.90 Å². The lowest BCUT2D eigenvalue weighted by Gasteiger charge is -2.43. The molecule has 3 atom stereocenters. The van der Waals surface area contributed by atoms with E-state index in [2.05, 4.69) is 0 Å². The van der Waals surface area contributed by atoms with Gasteiger partial charge in [-0.25, -0.2) is 0 Å². The predicted octanol–water partition coefficient (Wildman–Crippen LogP) is 3.90. The molecule has 1 heterocycles. The highest BCUT2D eigenvalue weighted by molar-refractivity contribution is 5.80. The van der Waals surface area contributed by atoms with Gasteiger partial charge in [0.2, 0.25) is 5.91 Å². The molecular weight excluding hydrogens is 279 g/mol. The lowest BCUT2D eigenvalue weighted by molar-refractivity contribution is -0.172. The first kappa shape index (κ1) is 15.9. The summed E-state index contributed by atoms with van der Waals surface area (Å²) in [6, 6.07) is 7.26. The van der Waals surface area contributed by atoms with Crippen LogP contribution >= 0.6 is 0 Å². The molecule has 0 N–H and O–H groups in total. The number of aryl methyl sites for hydroxylation is 1. The Balaban J connectivity index is 2.32. The molecule has 5 heteroatoms. The molecule has 21 heavy (non-hydrogen) atoms. The minimum atomic E-state index is -4.36. The van der Waals surface area contributed by atoms with E-state index in [-0.39, 0.29) is 11.8 Å². The lowest BCUT2D eigenvalue weighted by atomic mass is 9.78. The molecule has 1 aromatic carbocycles. The Kier molecular flexibility index (Phi) is 4.30. The molecule has 0 aliphatic carbocycles. The summed E-state index contributed by atoms with van der Waals surface area (Å²) in [5, 5.41) is 0. The van der Waals surface area contributed by atoms with Gasteiger partial charge in [-0.1, -0.05) is 31.2 Å². The SMILES string of the molecule is Cc1ccccc1[C@@H]1CC(C)C(=O)N(CC(F)(F)F)[C@@H]1C. The molecule has 2 rings (SSSR count). The minimum Gasteiger partial charge on any atom is -0.330 e. The van der Waals surface area contributed by atoms with E-state index in [1.807, 2.05) is 31.2 Å². The number of piperidine rings is 1. The van der Waals surface area contributed by atoms with Gasteiger partial charge in [0.15, 0.2) is 0 Å². The highest BCUT2D eigenvalue weighted by Crippen LogP contribution is 2.38. The molecule has 0 spiro atoms. The second kappa shape index (κ2) is 5.70. The summed E-state index contributed by atoms with van der Waals surface area (Å²) in [6.45, 7) is 4.21. The summed E-state index contributed by atoms with van der Waals surface area (Å²) >= 11 is 0. The number of hydrogen-bond acceptors (Lipinski definition) is 1. The zero-order valence-corrected chi connectivity index (χ0v) is 12.4. The zero-order valence-electron chi connectivity index (χ0n) is 12.4. The van der Waals surface area contributed by atoms with Crippen LogP contribution in [0.2, 0.25) is 0 Å². The van der Waals surface area contributed by atoms with Crippen LogP contribution in [0, 0.1) is 12.8 Å². The van der Waals surface area contributed by atoms with Crippen LogP contribution in [0.5, 0.6) is 0 Å². The van der Waals surface area contributed by atoms with Crippen molar-refractivity contribution in [2.75, 3.05) is 6.54 Å². The van der Waals surface area contributed by atoms with Gasteiger partial charge >= 0.3 is 6.18 Å². The molecule has 1 aliphatic heterocycles. The van der Waals surface area contributed by atoms with Crippen LogP contribution in [0.3, 0.4) is 0 Å². The molecule has 0 bridgehead atoms. The van der Waals surface area contributed by atoms with Crippen molar-refractivity contribution >= 4 is 5.91 Å². The number of carbonyl (C=O) groups excluding carboxylic acids is 1. The molecule has 0 radical (unpaired) electrons. The molecule has 1 aliphatic rings. The first-order valence-corrected chi connectivity index (χ1v) is 7.13. The number of carbonyl (C=O) groups is 1. The highest BCUT2D eigenvalue weighted by atomic mass is 19.4. The van der Waals surface area contributed by atoms with Crippen LogP contribution in [-0.2, 0) is 4.79 Å². The number of nitrogens with zero attached hydrogens (tertiary/aromatic N) is 1. The van der Waals surface area contributed by atoms with E-state index in [0.29, 0.717) is 6.42 Å². The van der Waals surface area contributed by atoms with Crippen LogP contribution in [0.25, 0.3) is 0 Å². The third kappa shape index (κ3) is 3.39. The summed E-state index contributed by atoms with van der Waals surface area (Å²) in [5.41, 5.74) is 2.10. The molecule has 1 aromatic rings. The first-order valence-electron chi connectivity index (χ1n) is 7.13. The van der Waals surface area contributed by atoms with Gasteiger partial charge in [0.1, 0.15) is 6.54 Å². The second-order valence-electron chi connectivity index (χ2n) is 5.92. The van der Waals surface area contributed by atoms with E-state index in [0.717, 1.165) is 16.0 Å². The largest absolute Gasteiger partial charge is 0.406 e. The van der Waals surface area contributed by atoms with E-state index >= 15 is 0 Å². The monoisotopic (exact) mass is 299 g/mol. The number of likely N-dealkylation sites (tertiary alicyclic amines) is 1. The zero-order chi connectivity index (χ0) is 15.8. The molecular formula is C16H20F3NO. The summed E-state index contributed by atoms with van der Waals surface area (Å²) in [7, 11) is 0. The van der Waals surface area contributed by atoms with Crippen molar-refractivity contribution in [1.29, 1.82) is 0 Å². The predicted molar refractivity (Wildman–Crippen MR) is 74.9 cm³/mol. The minimum absolute atomic E-state index is 0.0544. The molecule has 1 fully saturated rings. The van der Waals surface area contributed by atoms with Gasteiger partial charge in [-0.15, -0.1) is 0 Å². The summed E-state index contributed by atoms with van der Waals surface area (Å²) < 4.78 is 38.2. The first-order chi connectivity index (χ1) is 9.70. The van der Waals surface area contributed by atoms with Crippen LogP contribution in [0.1, 0.15) is 37.3 Å². The number of hydrogen-bond donors (Lipinski definition) is 0. The molecule has 1 saturated heterocycles. The Labute approximate surface area is 122 Å². The van der Waals surface area contributed by atoms with Crippen molar-refractivity contribution in [3.8, 4) is 0 Å². The Bertz CT molecular complexity index is 526. The summed E-state index contributed by atoms with van der Waals surface area (Å²) in [6.07, 6.45) is -3.77. The Hall–Kier alpha value is -1.52. The van der Waals surface area contributed by atoms with Crippen molar-refractivity contribution in [3.05, 3.63) is 35.4 Å². The molecule has 0 saturated carbocycles. The summed E-state index contributed by atoms with van der Waals surface area (Å²) in [5.74, 6) is -0.834. The maximum absolute atomic E-state index is 12.7. The van der Waals surface area contributed by atoms with Crippen LogP contribution in [0.4, 0.5) is 13.2 Å². The fourth-order valence-corrected chi connectivity index (χ4v) is 3.18. The average molecular weight is 299 g/mol. The smallest absolute Gasteiger partial charge is 0.330 e. The Morgan fingerprint density at radius 1 is 1.24 bits per heavy atom. The van der Waals surface area contributed by atoms with Gasteiger partial charge in [0.05, 0.1) is 0 Å². The fraction of sp³-hybridized carbons (Fsp3) is 0.562. The Morgan fingerprint density at radius 2 is 1.86 bits per heavy atom. The van der Waals surface area contributed by atoms with Gasteiger partial charge in [0, 0.05) is 17.9 Å². The number of benzene rings is 1. The van der Waals surface area contributed by atoms with Gasteiger partial charge in [0.25, 0.3) is 0 Å². The van der Waals surface area contributed by atoms with E-state index in [9.17, 15) is 18.0 Å². The molecule has 1 unspecified atom stereocenters. The third-order valence-corrected chi connectivity index (χ3v) is 4.32. The standard InChI is InChI=1S/C16H20F3NO/c1-10-6-4-5-7-13(10)14-8-11(2)15(21)20(12(14)3)9-16(17,18)19/h4-7,11-12,14H,8-9H2,1-3H3/t11?,12-,14-/m1/s1. The fourth-order valence-electron chi connectivity index (χ4n) is 3.18. The van der Waals surface area contributed by atoms with Crippen LogP contribution in [0.15, 0.2) is 24.3 Å². The van der Waals surface area contributed by atoms with Crippen LogP contribution < -0.4 is 0 Å². The summed E-state index contributed by atoms with van der Waals surface area (Å²) in [4.78, 5) is 13.1. The lowest BCUT2D eigenvalue weighted by Crippen LogP contribution is -2.52. The number of alkyl halides is 3. The molecule has 0 aromatic heterocycles. The van der Waals surface area contributed by atoms with E-state index in [1.165, 1.54) is 0 Å². The number of rotatable bonds is 2. The third-order valence-electron chi connectivity index (χ3n) is 4.32. The van der Waals surface area contributed by atoms with Crippen molar-refractivity contribution in [1.82, 2.24) is 4.90 Å². The van der Waals surface area contributed by atoms with E-state index in [1.54, 1.807) is 13.8 Å². The number of halogens is 3. The van der Waals surface area contributed by atoms with Crippen molar-refractivity contribution < 1.29 is 18.0 Å². The topological polar surface area (TPSA) is 20.3 Å². The van der Waals surface area contributed by atoms with Gasteiger partial charge in [-0.2, -0.15) is 13.2 Å². The quantitative estimate of drug-likeness (QED) is 0.811. The maximum atomic E-state index is 12.7. The van der Waals surface area contributed by atoms with E-state index < -0.39 is 24.7 Å². The van der Waals surface area contributed by atoms with E-state index in [4.69, 9.17) is 0 Å². The molecule has 116 valence electrons. The van der Waals surface area contributed by atoms with Crippen molar-refractivity contribution in [3.63, 3.8) is 0 Å². The van der Waals surface area contributed by atoms with Crippen molar-refractivity contribution in [2.24, 2.45) is 5.92 Å². The highest BCUT2D eigenvalue weighted by Gasteiger charge is 2.43. The number of amides is 1. The van der Waals surface area contributed by atoms with Crippen molar-refractivity contribution in [2.45, 2.75) is 45.3 Å². The van der Waals surface area contributed by atoms with Crippen LogP contribution in [-0.4, -0.2) is 29.6 Å². The van der Waals surface area contributed by atoms with Gasteiger partial charge in [-0.05, 0) is 31.4 Å².